The van der Waals surface area contributed by atoms with E-state index in [1.807, 2.05) is 0 Å². The Morgan fingerprint density at radius 1 is 1.21 bits per heavy atom. The normalized spacial score (nSPS) is 10.9. The predicted octanol–water partition coefficient (Wildman–Crippen LogP) is 3.81. The van der Waals surface area contributed by atoms with Crippen LogP contribution in [-0.2, 0) is 6.61 Å². The van der Waals surface area contributed by atoms with E-state index in [0.717, 1.165) is 0 Å². The first-order valence-corrected chi connectivity index (χ1v) is 9.20. The van der Waals surface area contributed by atoms with Gasteiger partial charge in [0.25, 0.3) is 0 Å². The van der Waals surface area contributed by atoms with Gasteiger partial charge in [-0.3, -0.25) is 5.43 Å². The lowest BCUT2D eigenvalue weighted by atomic mass is 10.2. The molecule has 150 valence electrons. The molecule has 3 rings (SSSR count). The van der Waals surface area contributed by atoms with Crippen LogP contribution in [0.3, 0.4) is 0 Å². The Balaban J connectivity index is 1.84. The van der Waals surface area contributed by atoms with Crippen LogP contribution in [0.2, 0.25) is 10.0 Å². The summed E-state index contributed by atoms with van der Waals surface area (Å²) in [4.78, 5) is 15.1. The number of nitrogens with zero attached hydrogens (tertiary/aromatic N) is 3. The number of aryl methyl sites for hydroxylation is 1. The molecule has 0 aliphatic carbocycles. The van der Waals surface area contributed by atoms with E-state index in [1.54, 1.807) is 50.4 Å². The van der Waals surface area contributed by atoms with Crippen LogP contribution >= 0.6 is 23.2 Å². The quantitative estimate of drug-likeness (QED) is 0.433. The molecule has 0 saturated heterocycles. The number of aromatic amines is 1. The molecule has 1 heterocycles. The molecule has 0 amide bonds. The minimum absolute atomic E-state index is 0.145. The molecule has 0 bridgehead atoms. The van der Waals surface area contributed by atoms with Crippen LogP contribution < -0.4 is 20.6 Å². The first-order chi connectivity index (χ1) is 14.0. The minimum atomic E-state index is -0.574. The van der Waals surface area contributed by atoms with Crippen LogP contribution in [0.15, 0.2) is 46.3 Å². The maximum Gasteiger partial charge on any atom is 0.363 e. The lowest BCUT2D eigenvalue weighted by Gasteiger charge is -2.14. The van der Waals surface area contributed by atoms with E-state index in [2.05, 4.69) is 25.7 Å². The van der Waals surface area contributed by atoms with Crippen molar-refractivity contribution in [3.05, 3.63) is 73.7 Å². The van der Waals surface area contributed by atoms with E-state index in [0.29, 0.717) is 38.4 Å². The standard InChI is InChI=1S/C19H17Cl2N5O3/c1-11-18(23-19(27)26-24-11)25-22-9-12-5-3-8-16(28-2)17(12)29-10-13-14(20)6-4-7-15(13)21/h3-9H,10H2,1-2H3,(H2,23,25,26,27)/b22-9+. The minimum Gasteiger partial charge on any atom is -0.493 e. The van der Waals surface area contributed by atoms with Crippen LogP contribution in [0.4, 0.5) is 5.82 Å². The summed E-state index contributed by atoms with van der Waals surface area (Å²) in [5.41, 5.74) is 3.92. The number of benzene rings is 2. The molecule has 0 radical (unpaired) electrons. The van der Waals surface area contributed by atoms with Gasteiger partial charge in [0.05, 0.1) is 13.3 Å². The maximum atomic E-state index is 11.3. The molecule has 0 spiro atoms. The van der Waals surface area contributed by atoms with Gasteiger partial charge in [-0.2, -0.15) is 15.2 Å². The third-order valence-corrected chi connectivity index (χ3v) is 4.61. The van der Waals surface area contributed by atoms with E-state index >= 15 is 0 Å². The van der Waals surface area contributed by atoms with Gasteiger partial charge in [-0.15, -0.1) is 0 Å². The number of ether oxygens (including phenoxy) is 2. The number of para-hydroxylation sites is 1. The van der Waals surface area contributed by atoms with Gasteiger partial charge in [0.15, 0.2) is 17.3 Å². The Morgan fingerprint density at radius 3 is 2.66 bits per heavy atom. The number of halogens is 2. The molecule has 0 unspecified atom stereocenters. The molecule has 0 saturated carbocycles. The van der Waals surface area contributed by atoms with Crippen molar-refractivity contribution >= 4 is 35.2 Å². The predicted molar refractivity (Wildman–Crippen MR) is 112 cm³/mol. The zero-order valence-electron chi connectivity index (χ0n) is 15.6. The molecule has 29 heavy (non-hydrogen) atoms. The van der Waals surface area contributed by atoms with Crippen LogP contribution in [-0.4, -0.2) is 28.5 Å². The Kier molecular flexibility index (Phi) is 6.69. The van der Waals surface area contributed by atoms with Gasteiger partial charge in [0.2, 0.25) is 0 Å². The topological polar surface area (TPSA) is 101 Å². The van der Waals surface area contributed by atoms with Gasteiger partial charge in [-0.25, -0.2) is 9.89 Å². The van der Waals surface area contributed by atoms with E-state index < -0.39 is 5.69 Å². The zero-order valence-corrected chi connectivity index (χ0v) is 17.1. The van der Waals surface area contributed by atoms with Gasteiger partial charge >= 0.3 is 5.69 Å². The highest BCUT2D eigenvalue weighted by molar-refractivity contribution is 6.35. The summed E-state index contributed by atoms with van der Waals surface area (Å²) in [5, 5.41) is 11.2. The number of hydrogen-bond acceptors (Lipinski definition) is 7. The molecular weight excluding hydrogens is 417 g/mol. The molecule has 3 aromatic rings. The van der Waals surface area contributed by atoms with Crippen molar-refractivity contribution in [2.75, 3.05) is 12.5 Å². The fourth-order valence-electron chi connectivity index (χ4n) is 2.43. The zero-order chi connectivity index (χ0) is 20.8. The number of methoxy groups -OCH3 is 1. The largest absolute Gasteiger partial charge is 0.493 e. The van der Waals surface area contributed by atoms with Crippen LogP contribution in [0, 0.1) is 6.92 Å². The summed E-state index contributed by atoms with van der Waals surface area (Å²) < 4.78 is 11.4. The molecular formula is C19H17Cl2N5O3. The number of H-pyrrole nitrogens is 1. The maximum absolute atomic E-state index is 11.3. The van der Waals surface area contributed by atoms with E-state index in [9.17, 15) is 4.79 Å². The van der Waals surface area contributed by atoms with Crippen molar-refractivity contribution in [1.82, 2.24) is 15.2 Å². The molecule has 8 nitrogen and oxygen atoms in total. The molecule has 0 fully saturated rings. The summed E-state index contributed by atoms with van der Waals surface area (Å²) in [6, 6.07) is 10.6. The Morgan fingerprint density at radius 2 is 1.93 bits per heavy atom. The Hall–Kier alpha value is -3.10. The van der Waals surface area contributed by atoms with Crippen LogP contribution in [0.5, 0.6) is 11.5 Å². The van der Waals surface area contributed by atoms with Crippen molar-refractivity contribution in [3.63, 3.8) is 0 Å². The average molecular weight is 434 g/mol. The monoisotopic (exact) mass is 433 g/mol. The number of anilines is 1. The van der Waals surface area contributed by atoms with E-state index in [4.69, 9.17) is 32.7 Å². The highest BCUT2D eigenvalue weighted by Gasteiger charge is 2.12. The smallest absolute Gasteiger partial charge is 0.363 e. The number of aromatic nitrogens is 3. The average Bonchev–Trinajstić information content (AvgIpc) is 2.70. The first-order valence-electron chi connectivity index (χ1n) is 8.44. The molecule has 10 heteroatoms. The fraction of sp³-hybridized carbons (Fsp3) is 0.158. The lowest BCUT2D eigenvalue weighted by Crippen LogP contribution is -2.15. The summed E-state index contributed by atoms with van der Waals surface area (Å²) >= 11 is 12.4. The van der Waals surface area contributed by atoms with Crippen LogP contribution in [0.1, 0.15) is 16.8 Å². The van der Waals surface area contributed by atoms with Crippen molar-refractivity contribution in [2.45, 2.75) is 13.5 Å². The molecule has 0 aliphatic heterocycles. The number of rotatable bonds is 7. The number of nitrogens with one attached hydrogen (secondary N) is 2. The molecule has 1 aromatic heterocycles. The highest BCUT2D eigenvalue weighted by atomic mass is 35.5. The third kappa shape index (κ3) is 5.04. The van der Waals surface area contributed by atoms with E-state index in [1.165, 1.54) is 6.21 Å². The summed E-state index contributed by atoms with van der Waals surface area (Å²) in [7, 11) is 1.54. The molecule has 2 aromatic carbocycles. The third-order valence-electron chi connectivity index (χ3n) is 3.90. The second kappa shape index (κ2) is 9.40. The summed E-state index contributed by atoms with van der Waals surface area (Å²) in [6.07, 6.45) is 1.52. The van der Waals surface area contributed by atoms with Crippen molar-refractivity contribution in [3.8, 4) is 11.5 Å². The fourth-order valence-corrected chi connectivity index (χ4v) is 2.93. The summed E-state index contributed by atoms with van der Waals surface area (Å²) in [5.74, 6) is 1.23. The van der Waals surface area contributed by atoms with Gasteiger partial charge in [-0.05, 0) is 31.2 Å². The first kappa shape index (κ1) is 20.6. The number of hydrogen-bond donors (Lipinski definition) is 2. The molecule has 0 atom stereocenters. The van der Waals surface area contributed by atoms with Gasteiger partial charge in [0.1, 0.15) is 12.3 Å². The Bertz CT molecular complexity index is 1080. The Labute approximate surface area is 176 Å². The number of hydrazone groups is 1. The lowest BCUT2D eigenvalue weighted by molar-refractivity contribution is 0.284. The highest BCUT2D eigenvalue weighted by Crippen LogP contribution is 2.33. The van der Waals surface area contributed by atoms with Crippen LogP contribution in [0.25, 0.3) is 0 Å². The molecule has 2 N–H and O–H groups in total. The second-order valence-corrected chi connectivity index (χ2v) is 6.63. The SMILES string of the molecule is COc1cccc(/C=N/Nc2nc(=O)[nH]nc2C)c1OCc1c(Cl)cccc1Cl. The van der Waals surface area contributed by atoms with Crippen molar-refractivity contribution in [2.24, 2.45) is 5.10 Å². The summed E-state index contributed by atoms with van der Waals surface area (Å²) in [6.45, 7) is 1.83. The van der Waals surface area contributed by atoms with Gasteiger partial charge in [-0.1, -0.05) is 35.3 Å². The van der Waals surface area contributed by atoms with Gasteiger partial charge < -0.3 is 9.47 Å². The van der Waals surface area contributed by atoms with E-state index in [-0.39, 0.29) is 12.4 Å². The van der Waals surface area contributed by atoms with Gasteiger partial charge in [0, 0.05) is 21.2 Å². The molecule has 0 aliphatic rings. The second-order valence-electron chi connectivity index (χ2n) is 5.81. The van der Waals surface area contributed by atoms with Crippen molar-refractivity contribution < 1.29 is 9.47 Å². The van der Waals surface area contributed by atoms with Crippen molar-refractivity contribution in [1.29, 1.82) is 0 Å².